The average molecular weight is 355 g/mol. The summed E-state index contributed by atoms with van der Waals surface area (Å²) in [5.41, 5.74) is 4.72. The van der Waals surface area contributed by atoms with Gasteiger partial charge in [0.2, 0.25) is 0 Å². The molecule has 0 radical (unpaired) electrons. The van der Waals surface area contributed by atoms with Crippen LogP contribution in [0.5, 0.6) is 0 Å². The molecule has 0 fully saturated rings. The van der Waals surface area contributed by atoms with Crippen LogP contribution in [0.1, 0.15) is 27.3 Å². The number of benzene rings is 3. The summed E-state index contributed by atoms with van der Waals surface area (Å²) in [6.07, 6.45) is 0. The van der Waals surface area contributed by atoms with Gasteiger partial charge in [-0.3, -0.25) is 4.79 Å². The zero-order valence-electron chi connectivity index (χ0n) is 15.4. The molecule has 0 atom stereocenters. The van der Waals surface area contributed by atoms with Gasteiger partial charge in [-0.2, -0.15) is 5.10 Å². The van der Waals surface area contributed by atoms with Gasteiger partial charge in [0.1, 0.15) is 0 Å². The normalized spacial score (nSPS) is 10.9. The number of aromatic nitrogens is 2. The predicted octanol–water partition coefficient (Wildman–Crippen LogP) is 4.57. The van der Waals surface area contributed by atoms with Gasteiger partial charge in [0.15, 0.2) is 0 Å². The van der Waals surface area contributed by atoms with Crippen molar-refractivity contribution in [2.45, 2.75) is 20.4 Å². The van der Waals surface area contributed by atoms with Crippen molar-refractivity contribution in [1.82, 2.24) is 15.1 Å². The quantitative estimate of drug-likeness (QED) is 0.583. The Kier molecular flexibility index (Phi) is 4.47. The molecule has 1 heterocycles. The van der Waals surface area contributed by atoms with Gasteiger partial charge in [0.05, 0.1) is 11.4 Å². The second-order valence-electron chi connectivity index (χ2n) is 6.61. The lowest BCUT2D eigenvalue weighted by atomic mass is 10.0. The minimum Gasteiger partial charge on any atom is -0.348 e. The zero-order chi connectivity index (χ0) is 18.8. The van der Waals surface area contributed by atoms with Crippen molar-refractivity contribution in [1.29, 1.82) is 0 Å². The maximum absolute atomic E-state index is 12.8. The number of amides is 1. The molecule has 134 valence electrons. The molecule has 4 nitrogen and oxygen atoms in total. The fourth-order valence-corrected chi connectivity index (χ4v) is 3.44. The first-order valence-electron chi connectivity index (χ1n) is 9.01. The van der Waals surface area contributed by atoms with Gasteiger partial charge in [-0.05, 0) is 42.8 Å². The Hall–Kier alpha value is -3.40. The van der Waals surface area contributed by atoms with E-state index in [0.717, 1.165) is 33.4 Å². The molecule has 0 saturated heterocycles. The lowest BCUT2D eigenvalue weighted by molar-refractivity contribution is 0.0952. The van der Waals surface area contributed by atoms with E-state index >= 15 is 0 Å². The highest BCUT2D eigenvalue weighted by Gasteiger charge is 2.15. The Morgan fingerprint density at radius 3 is 2.44 bits per heavy atom. The number of nitrogens with zero attached hydrogens (tertiary/aromatic N) is 2. The summed E-state index contributed by atoms with van der Waals surface area (Å²) in [6, 6.07) is 23.8. The predicted molar refractivity (Wildman–Crippen MR) is 108 cm³/mol. The van der Waals surface area contributed by atoms with Crippen LogP contribution in [0, 0.1) is 13.8 Å². The highest BCUT2D eigenvalue weighted by Crippen LogP contribution is 2.20. The largest absolute Gasteiger partial charge is 0.348 e. The minimum absolute atomic E-state index is 0.0712. The number of aryl methyl sites for hydroxylation is 1. The number of nitrogens with one attached hydrogen (secondary N) is 1. The molecule has 4 rings (SSSR count). The van der Waals surface area contributed by atoms with Gasteiger partial charge >= 0.3 is 0 Å². The first kappa shape index (κ1) is 17.0. The van der Waals surface area contributed by atoms with Crippen LogP contribution in [0.4, 0.5) is 0 Å². The molecule has 0 unspecified atom stereocenters. The molecule has 0 aliphatic heterocycles. The standard InChI is InChI=1S/C23H21N3O/c1-16-22(17(2)26(25-16)19-11-4-3-5-12-19)15-24-23(27)21-14-8-10-18-9-6-7-13-20(18)21/h3-14H,15H2,1-2H3,(H,24,27). The van der Waals surface area contributed by atoms with Crippen molar-refractivity contribution < 1.29 is 4.79 Å². The molecule has 1 N–H and O–H groups in total. The third-order valence-electron chi connectivity index (χ3n) is 4.90. The van der Waals surface area contributed by atoms with Crippen LogP contribution in [-0.4, -0.2) is 15.7 Å². The Bertz CT molecular complexity index is 1110. The summed E-state index contributed by atoms with van der Waals surface area (Å²) in [7, 11) is 0. The van der Waals surface area contributed by atoms with Gasteiger partial charge < -0.3 is 5.32 Å². The van der Waals surface area contributed by atoms with E-state index in [-0.39, 0.29) is 5.91 Å². The highest BCUT2D eigenvalue weighted by atomic mass is 16.1. The summed E-state index contributed by atoms with van der Waals surface area (Å²) < 4.78 is 1.93. The van der Waals surface area contributed by atoms with Crippen LogP contribution >= 0.6 is 0 Å². The highest BCUT2D eigenvalue weighted by molar-refractivity contribution is 6.06. The number of hydrogen-bond acceptors (Lipinski definition) is 2. The Balaban J connectivity index is 1.59. The molecule has 3 aromatic carbocycles. The molecule has 27 heavy (non-hydrogen) atoms. The van der Waals surface area contributed by atoms with E-state index in [1.54, 1.807) is 0 Å². The van der Waals surface area contributed by atoms with Gasteiger partial charge in [-0.15, -0.1) is 0 Å². The first-order valence-corrected chi connectivity index (χ1v) is 9.01. The number of para-hydroxylation sites is 1. The first-order chi connectivity index (χ1) is 13.1. The van der Waals surface area contributed by atoms with E-state index in [4.69, 9.17) is 0 Å². The molecular formula is C23H21N3O. The van der Waals surface area contributed by atoms with Gasteiger partial charge in [-0.1, -0.05) is 54.6 Å². The van der Waals surface area contributed by atoms with Crippen LogP contribution in [0.15, 0.2) is 72.8 Å². The molecule has 0 spiro atoms. The second-order valence-corrected chi connectivity index (χ2v) is 6.61. The Morgan fingerprint density at radius 2 is 1.63 bits per heavy atom. The minimum atomic E-state index is -0.0712. The maximum Gasteiger partial charge on any atom is 0.252 e. The molecule has 0 aliphatic rings. The van der Waals surface area contributed by atoms with Gasteiger partial charge in [-0.25, -0.2) is 4.68 Å². The number of hydrogen-bond donors (Lipinski definition) is 1. The lowest BCUT2D eigenvalue weighted by Gasteiger charge is -2.09. The topological polar surface area (TPSA) is 46.9 Å². The molecule has 0 saturated carbocycles. The number of carbonyl (C=O) groups is 1. The van der Waals surface area contributed by atoms with Crippen molar-refractivity contribution in [2.24, 2.45) is 0 Å². The molecular weight excluding hydrogens is 334 g/mol. The summed E-state index contributed by atoms with van der Waals surface area (Å²) in [4.78, 5) is 12.8. The molecule has 0 aliphatic carbocycles. The fraction of sp³-hybridized carbons (Fsp3) is 0.130. The second kappa shape index (κ2) is 7.08. The van der Waals surface area contributed by atoms with E-state index in [9.17, 15) is 4.79 Å². The van der Waals surface area contributed by atoms with E-state index in [0.29, 0.717) is 12.1 Å². The monoisotopic (exact) mass is 355 g/mol. The van der Waals surface area contributed by atoms with Crippen LogP contribution in [0.2, 0.25) is 0 Å². The van der Waals surface area contributed by atoms with Gasteiger partial charge in [0.25, 0.3) is 5.91 Å². The van der Waals surface area contributed by atoms with Crippen LogP contribution in [0.3, 0.4) is 0 Å². The third-order valence-corrected chi connectivity index (χ3v) is 4.90. The molecule has 1 amide bonds. The summed E-state index contributed by atoms with van der Waals surface area (Å²) >= 11 is 0. The summed E-state index contributed by atoms with van der Waals surface area (Å²) in [6.45, 7) is 4.46. The maximum atomic E-state index is 12.8. The molecule has 0 bridgehead atoms. The number of carbonyl (C=O) groups excluding carboxylic acids is 1. The molecule has 1 aromatic heterocycles. The summed E-state index contributed by atoms with van der Waals surface area (Å²) in [5, 5.41) is 9.74. The number of fused-ring (bicyclic) bond motifs is 1. The zero-order valence-corrected chi connectivity index (χ0v) is 15.4. The Labute approximate surface area is 158 Å². The lowest BCUT2D eigenvalue weighted by Crippen LogP contribution is -2.23. The van der Waals surface area contributed by atoms with Gasteiger partial charge in [0, 0.05) is 23.4 Å². The third kappa shape index (κ3) is 3.22. The van der Waals surface area contributed by atoms with E-state index in [2.05, 4.69) is 10.4 Å². The molecule has 4 aromatic rings. The van der Waals surface area contributed by atoms with Crippen molar-refractivity contribution in [3.05, 3.63) is 95.3 Å². The molecule has 4 heteroatoms. The Morgan fingerprint density at radius 1 is 0.926 bits per heavy atom. The number of rotatable bonds is 4. The smallest absolute Gasteiger partial charge is 0.252 e. The van der Waals surface area contributed by atoms with Crippen molar-refractivity contribution in [3.8, 4) is 5.69 Å². The SMILES string of the molecule is Cc1nn(-c2ccccc2)c(C)c1CNC(=O)c1cccc2ccccc12. The van der Waals surface area contributed by atoms with E-state index < -0.39 is 0 Å². The van der Waals surface area contributed by atoms with Crippen LogP contribution in [0.25, 0.3) is 16.5 Å². The fourth-order valence-electron chi connectivity index (χ4n) is 3.44. The van der Waals surface area contributed by atoms with Crippen molar-refractivity contribution in [3.63, 3.8) is 0 Å². The average Bonchev–Trinajstić information content (AvgIpc) is 3.00. The van der Waals surface area contributed by atoms with Crippen LogP contribution < -0.4 is 5.32 Å². The van der Waals surface area contributed by atoms with Crippen LogP contribution in [-0.2, 0) is 6.54 Å². The van der Waals surface area contributed by atoms with Crippen molar-refractivity contribution >= 4 is 16.7 Å². The van der Waals surface area contributed by atoms with E-state index in [1.165, 1.54) is 0 Å². The summed E-state index contributed by atoms with van der Waals surface area (Å²) in [5.74, 6) is -0.0712. The van der Waals surface area contributed by atoms with E-state index in [1.807, 2.05) is 91.3 Å². The van der Waals surface area contributed by atoms with Crippen molar-refractivity contribution in [2.75, 3.05) is 0 Å².